The fourth-order valence-electron chi connectivity index (χ4n) is 2.38. The Morgan fingerprint density at radius 1 is 1.33 bits per heavy atom. The Morgan fingerprint density at radius 2 is 1.95 bits per heavy atom. The van der Waals surface area contributed by atoms with Crippen molar-refractivity contribution in [1.82, 2.24) is 10.4 Å². The van der Waals surface area contributed by atoms with Crippen LogP contribution in [0, 0.1) is 0 Å². The van der Waals surface area contributed by atoms with Crippen LogP contribution in [0.1, 0.15) is 32.8 Å². The van der Waals surface area contributed by atoms with Crippen LogP contribution in [0.15, 0.2) is 30.3 Å². The molecule has 1 aliphatic rings. The minimum atomic E-state index is -1.62. The minimum Gasteiger partial charge on any atom is -0.437 e. The zero-order valence-electron chi connectivity index (χ0n) is 12.4. The van der Waals surface area contributed by atoms with E-state index in [9.17, 15) is 14.7 Å². The number of rotatable bonds is 4. The van der Waals surface area contributed by atoms with Gasteiger partial charge in [0, 0.05) is 6.92 Å². The van der Waals surface area contributed by atoms with E-state index in [1.54, 1.807) is 6.92 Å². The van der Waals surface area contributed by atoms with Gasteiger partial charge in [0.25, 0.3) is 0 Å². The van der Waals surface area contributed by atoms with Crippen LogP contribution in [0.25, 0.3) is 0 Å². The van der Waals surface area contributed by atoms with Crippen LogP contribution in [-0.2, 0) is 16.0 Å². The van der Waals surface area contributed by atoms with Crippen LogP contribution in [0.2, 0.25) is 0 Å². The molecule has 1 aromatic rings. The van der Waals surface area contributed by atoms with E-state index in [0.29, 0.717) is 12.8 Å². The first-order valence-corrected chi connectivity index (χ1v) is 6.83. The average Bonchev–Trinajstić information content (AvgIpc) is 2.58. The molecule has 2 amide bonds. The zero-order valence-corrected chi connectivity index (χ0v) is 12.4. The van der Waals surface area contributed by atoms with Crippen molar-refractivity contribution in [3.05, 3.63) is 35.9 Å². The van der Waals surface area contributed by atoms with E-state index in [1.165, 1.54) is 13.8 Å². The summed E-state index contributed by atoms with van der Waals surface area (Å²) in [6.07, 6.45) is 0.325. The molecule has 0 aromatic heterocycles. The van der Waals surface area contributed by atoms with Crippen molar-refractivity contribution in [3.8, 4) is 0 Å². The molecule has 1 saturated heterocycles. The summed E-state index contributed by atoms with van der Waals surface area (Å²) in [5, 5.41) is 11.5. The van der Waals surface area contributed by atoms with Gasteiger partial charge in [0.15, 0.2) is 11.3 Å². The number of amides is 2. The zero-order chi connectivity index (χ0) is 15.7. The van der Waals surface area contributed by atoms with Gasteiger partial charge in [-0.15, -0.1) is 0 Å². The molecule has 0 unspecified atom stereocenters. The van der Waals surface area contributed by atoms with Crippen LogP contribution in [-0.4, -0.2) is 33.4 Å². The predicted octanol–water partition coefficient (Wildman–Crippen LogP) is 1.59. The second-order valence-corrected chi connectivity index (χ2v) is 5.61. The van der Waals surface area contributed by atoms with E-state index in [2.05, 4.69) is 5.43 Å². The van der Waals surface area contributed by atoms with E-state index in [-0.39, 0.29) is 0 Å². The van der Waals surface area contributed by atoms with Crippen LogP contribution in [0.5, 0.6) is 0 Å². The third kappa shape index (κ3) is 2.85. The van der Waals surface area contributed by atoms with Crippen molar-refractivity contribution in [3.63, 3.8) is 0 Å². The van der Waals surface area contributed by atoms with Gasteiger partial charge in [-0.05, 0) is 32.3 Å². The van der Waals surface area contributed by atoms with E-state index in [1.807, 2.05) is 30.3 Å². The summed E-state index contributed by atoms with van der Waals surface area (Å²) in [6.45, 7) is 4.39. The SMILES string of the molecule is CC(=O)NN1C(=O)O[C@](C)(CCc2ccccc2)[C@]1(C)O. The number of carbonyl (C=O) groups excluding carboxylic acids is 2. The monoisotopic (exact) mass is 292 g/mol. The summed E-state index contributed by atoms with van der Waals surface area (Å²) >= 11 is 0. The summed E-state index contributed by atoms with van der Waals surface area (Å²) in [7, 11) is 0. The highest BCUT2D eigenvalue weighted by molar-refractivity contribution is 5.79. The standard InChI is InChI=1S/C15H20N2O4/c1-11(18)16-17-13(19)21-14(2,15(17,3)20)10-9-12-7-5-4-6-8-12/h4-8,20H,9-10H2,1-3H3,(H,16,18)/t14-,15+/m1/s1. The summed E-state index contributed by atoms with van der Waals surface area (Å²) in [5.41, 5.74) is 0.662. The molecule has 21 heavy (non-hydrogen) atoms. The van der Waals surface area contributed by atoms with Gasteiger partial charge in [-0.3, -0.25) is 10.2 Å². The number of nitrogens with one attached hydrogen (secondary N) is 1. The van der Waals surface area contributed by atoms with Crippen molar-refractivity contribution in [2.45, 2.75) is 44.9 Å². The Labute approximate surface area is 123 Å². The van der Waals surface area contributed by atoms with Crippen LogP contribution < -0.4 is 5.43 Å². The maximum Gasteiger partial charge on any atom is 0.432 e. The number of hydrogen-bond acceptors (Lipinski definition) is 4. The number of cyclic esters (lactones) is 1. The fraction of sp³-hybridized carbons (Fsp3) is 0.467. The molecule has 0 saturated carbocycles. The first-order chi connectivity index (χ1) is 9.76. The highest BCUT2D eigenvalue weighted by atomic mass is 16.6. The second kappa shape index (κ2) is 5.37. The molecule has 1 fully saturated rings. The number of hydrazine groups is 1. The van der Waals surface area contributed by atoms with E-state index >= 15 is 0 Å². The number of ether oxygens (including phenoxy) is 1. The van der Waals surface area contributed by atoms with Gasteiger partial charge in [-0.25, -0.2) is 4.79 Å². The molecule has 2 atom stereocenters. The number of aryl methyl sites for hydroxylation is 1. The molecule has 0 bridgehead atoms. The van der Waals surface area contributed by atoms with Gasteiger partial charge >= 0.3 is 6.09 Å². The minimum absolute atomic E-state index is 0.436. The summed E-state index contributed by atoms with van der Waals surface area (Å²) < 4.78 is 5.32. The Morgan fingerprint density at radius 3 is 2.52 bits per heavy atom. The lowest BCUT2D eigenvalue weighted by molar-refractivity contribution is -0.159. The second-order valence-electron chi connectivity index (χ2n) is 5.61. The lowest BCUT2D eigenvalue weighted by atomic mass is 9.87. The predicted molar refractivity (Wildman–Crippen MR) is 75.9 cm³/mol. The number of hydrogen-bond donors (Lipinski definition) is 2. The normalized spacial score (nSPS) is 28.4. The van der Waals surface area contributed by atoms with E-state index in [4.69, 9.17) is 4.74 Å². The highest BCUT2D eigenvalue weighted by Crippen LogP contribution is 2.39. The molecular weight excluding hydrogens is 272 g/mol. The first-order valence-electron chi connectivity index (χ1n) is 6.83. The van der Waals surface area contributed by atoms with Crippen molar-refractivity contribution < 1.29 is 19.4 Å². The number of aliphatic hydroxyl groups is 1. The molecule has 2 N–H and O–H groups in total. The lowest BCUT2D eigenvalue weighted by Crippen LogP contribution is -2.60. The smallest absolute Gasteiger partial charge is 0.432 e. The Balaban J connectivity index is 2.14. The molecule has 1 heterocycles. The molecule has 0 radical (unpaired) electrons. The third-order valence-electron chi connectivity index (χ3n) is 3.94. The lowest BCUT2D eigenvalue weighted by Gasteiger charge is -2.36. The van der Waals surface area contributed by atoms with Crippen molar-refractivity contribution in [2.75, 3.05) is 0 Å². The van der Waals surface area contributed by atoms with Crippen molar-refractivity contribution >= 4 is 12.0 Å². The molecule has 1 aliphatic heterocycles. The Bertz CT molecular complexity index is 544. The van der Waals surface area contributed by atoms with Crippen molar-refractivity contribution in [1.29, 1.82) is 0 Å². The molecule has 6 heteroatoms. The summed E-state index contributed by atoms with van der Waals surface area (Å²) in [6, 6.07) is 9.73. The van der Waals surface area contributed by atoms with Crippen LogP contribution >= 0.6 is 0 Å². The van der Waals surface area contributed by atoms with Crippen LogP contribution in [0.4, 0.5) is 4.79 Å². The molecular formula is C15H20N2O4. The van der Waals surface area contributed by atoms with Gasteiger partial charge in [-0.2, -0.15) is 5.01 Å². The topological polar surface area (TPSA) is 78.9 Å². The highest BCUT2D eigenvalue weighted by Gasteiger charge is 2.59. The molecule has 1 aromatic carbocycles. The largest absolute Gasteiger partial charge is 0.437 e. The summed E-state index contributed by atoms with van der Waals surface area (Å²) in [5.74, 6) is -0.445. The maximum absolute atomic E-state index is 11.9. The number of nitrogens with zero attached hydrogens (tertiary/aromatic N) is 1. The van der Waals surface area contributed by atoms with E-state index in [0.717, 1.165) is 10.6 Å². The molecule has 2 rings (SSSR count). The Hall–Kier alpha value is -2.08. The summed E-state index contributed by atoms with van der Waals surface area (Å²) in [4.78, 5) is 23.0. The first kappa shape index (κ1) is 15.3. The van der Waals surface area contributed by atoms with Gasteiger partial charge in [0.2, 0.25) is 5.91 Å². The van der Waals surface area contributed by atoms with E-state index < -0.39 is 23.3 Å². The third-order valence-corrected chi connectivity index (χ3v) is 3.94. The van der Waals surface area contributed by atoms with Gasteiger partial charge in [0.05, 0.1) is 0 Å². The van der Waals surface area contributed by atoms with Gasteiger partial charge < -0.3 is 9.84 Å². The number of carbonyl (C=O) groups is 2. The molecule has 0 aliphatic carbocycles. The fourth-order valence-corrected chi connectivity index (χ4v) is 2.38. The maximum atomic E-state index is 11.9. The quantitative estimate of drug-likeness (QED) is 0.883. The average molecular weight is 292 g/mol. The van der Waals surface area contributed by atoms with Crippen molar-refractivity contribution in [2.24, 2.45) is 0 Å². The molecule has 6 nitrogen and oxygen atoms in total. The van der Waals surface area contributed by atoms with Crippen LogP contribution in [0.3, 0.4) is 0 Å². The van der Waals surface area contributed by atoms with Gasteiger partial charge in [-0.1, -0.05) is 30.3 Å². The Kier molecular flexibility index (Phi) is 3.91. The molecule has 114 valence electrons. The number of benzene rings is 1. The molecule has 0 spiro atoms. The van der Waals surface area contributed by atoms with Gasteiger partial charge in [0.1, 0.15) is 0 Å².